The highest BCUT2D eigenvalue weighted by molar-refractivity contribution is 9.10. The summed E-state index contributed by atoms with van der Waals surface area (Å²) < 4.78 is 0.915. The summed E-state index contributed by atoms with van der Waals surface area (Å²) in [6.45, 7) is 1.91. The van der Waals surface area contributed by atoms with Gasteiger partial charge in [0.15, 0.2) is 0 Å². The third-order valence-electron chi connectivity index (χ3n) is 1.97. The number of aldehydes is 1. The molecule has 1 atom stereocenters. The van der Waals surface area contributed by atoms with Crippen LogP contribution in [-0.2, 0) is 4.79 Å². The number of carbonyl (C=O) groups excluding carboxylic acids is 1. The predicted octanol–water partition coefficient (Wildman–Crippen LogP) is 2.85. The van der Waals surface area contributed by atoms with Crippen LogP contribution in [0.15, 0.2) is 22.7 Å². The van der Waals surface area contributed by atoms with Crippen molar-refractivity contribution in [3.05, 3.63) is 28.2 Å². The van der Waals surface area contributed by atoms with Crippen LogP contribution >= 0.6 is 15.9 Å². The second-order valence-electron chi connectivity index (χ2n) is 3.01. The van der Waals surface area contributed by atoms with Crippen molar-refractivity contribution in [1.29, 1.82) is 0 Å². The molecule has 0 radical (unpaired) electrons. The molecule has 0 fully saturated rings. The standard InChI is InChI=1S/C10H11BrO2/c1-7(4-5-12)9-6-8(11)2-3-10(9)13/h2-3,5-7,13H,4H2,1H3. The third kappa shape index (κ3) is 2.56. The van der Waals surface area contributed by atoms with Gasteiger partial charge in [0.25, 0.3) is 0 Å². The Hall–Kier alpha value is -0.830. The number of hydrogen-bond donors (Lipinski definition) is 1. The van der Waals surface area contributed by atoms with Crippen molar-refractivity contribution < 1.29 is 9.90 Å². The zero-order valence-corrected chi connectivity index (χ0v) is 8.91. The summed E-state index contributed by atoms with van der Waals surface area (Å²) in [5.41, 5.74) is 0.807. The Balaban J connectivity index is 2.97. The van der Waals surface area contributed by atoms with E-state index < -0.39 is 0 Å². The van der Waals surface area contributed by atoms with Crippen LogP contribution in [0.1, 0.15) is 24.8 Å². The van der Waals surface area contributed by atoms with E-state index >= 15 is 0 Å². The smallest absolute Gasteiger partial charge is 0.120 e. The summed E-state index contributed by atoms with van der Waals surface area (Å²) in [6, 6.07) is 5.23. The van der Waals surface area contributed by atoms with Crippen LogP contribution in [0.25, 0.3) is 0 Å². The summed E-state index contributed by atoms with van der Waals surface area (Å²) in [5.74, 6) is 0.313. The molecule has 1 N–H and O–H groups in total. The van der Waals surface area contributed by atoms with Crippen molar-refractivity contribution in [3.63, 3.8) is 0 Å². The lowest BCUT2D eigenvalue weighted by Crippen LogP contribution is -1.94. The Morgan fingerprint density at radius 2 is 2.31 bits per heavy atom. The average molecular weight is 243 g/mol. The molecule has 0 saturated heterocycles. The van der Waals surface area contributed by atoms with Crippen molar-refractivity contribution in [2.45, 2.75) is 19.3 Å². The Morgan fingerprint density at radius 3 is 2.92 bits per heavy atom. The van der Waals surface area contributed by atoms with E-state index in [4.69, 9.17) is 0 Å². The monoisotopic (exact) mass is 242 g/mol. The number of phenols is 1. The van der Waals surface area contributed by atoms with Gasteiger partial charge in [-0.05, 0) is 29.7 Å². The normalized spacial score (nSPS) is 12.5. The fourth-order valence-corrected chi connectivity index (χ4v) is 1.57. The Morgan fingerprint density at radius 1 is 1.62 bits per heavy atom. The molecular weight excluding hydrogens is 232 g/mol. The highest BCUT2D eigenvalue weighted by Crippen LogP contribution is 2.29. The first-order valence-corrected chi connectivity index (χ1v) is 4.86. The van der Waals surface area contributed by atoms with Gasteiger partial charge in [0.05, 0.1) is 0 Å². The van der Waals surface area contributed by atoms with E-state index in [1.807, 2.05) is 13.0 Å². The number of hydrogen-bond acceptors (Lipinski definition) is 2. The molecule has 0 bridgehead atoms. The molecule has 0 aromatic heterocycles. The van der Waals surface area contributed by atoms with Gasteiger partial charge >= 0.3 is 0 Å². The van der Waals surface area contributed by atoms with Crippen molar-refractivity contribution in [2.24, 2.45) is 0 Å². The molecule has 0 spiro atoms. The van der Waals surface area contributed by atoms with Crippen LogP contribution in [0.5, 0.6) is 5.75 Å². The molecule has 0 aliphatic rings. The minimum atomic E-state index is 0.0648. The summed E-state index contributed by atoms with van der Waals surface area (Å²) in [4.78, 5) is 10.3. The lowest BCUT2D eigenvalue weighted by atomic mass is 9.98. The number of benzene rings is 1. The summed E-state index contributed by atoms with van der Waals surface area (Å²) in [5, 5.41) is 9.50. The highest BCUT2D eigenvalue weighted by atomic mass is 79.9. The summed E-state index contributed by atoms with van der Waals surface area (Å²) in [6.07, 6.45) is 1.30. The first kappa shape index (κ1) is 10.3. The quantitative estimate of drug-likeness (QED) is 0.829. The molecule has 3 heteroatoms. The van der Waals surface area contributed by atoms with Crippen LogP contribution in [-0.4, -0.2) is 11.4 Å². The van der Waals surface area contributed by atoms with E-state index in [9.17, 15) is 9.90 Å². The van der Waals surface area contributed by atoms with Crippen LogP contribution in [0.4, 0.5) is 0 Å². The lowest BCUT2D eigenvalue weighted by Gasteiger charge is -2.10. The van der Waals surface area contributed by atoms with E-state index in [1.165, 1.54) is 0 Å². The Kier molecular flexibility index (Phi) is 3.48. The molecule has 1 aromatic rings. The maximum Gasteiger partial charge on any atom is 0.120 e. The molecule has 0 saturated carbocycles. The van der Waals surface area contributed by atoms with Gasteiger partial charge in [-0.2, -0.15) is 0 Å². The van der Waals surface area contributed by atoms with Gasteiger partial charge in [-0.25, -0.2) is 0 Å². The fourth-order valence-electron chi connectivity index (χ4n) is 1.19. The lowest BCUT2D eigenvalue weighted by molar-refractivity contribution is -0.108. The topological polar surface area (TPSA) is 37.3 Å². The van der Waals surface area contributed by atoms with E-state index in [1.54, 1.807) is 12.1 Å². The minimum Gasteiger partial charge on any atom is -0.508 e. The van der Waals surface area contributed by atoms with Gasteiger partial charge in [-0.1, -0.05) is 22.9 Å². The highest BCUT2D eigenvalue weighted by Gasteiger charge is 2.09. The Labute approximate surface area is 85.7 Å². The average Bonchev–Trinajstić information content (AvgIpc) is 2.09. The number of carbonyl (C=O) groups is 1. The summed E-state index contributed by atoms with van der Waals surface area (Å²) in [7, 11) is 0. The van der Waals surface area contributed by atoms with Crippen LogP contribution < -0.4 is 0 Å². The van der Waals surface area contributed by atoms with Crippen molar-refractivity contribution in [1.82, 2.24) is 0 Å². The molecule has 0 amide bonds. The SMILES string of the molecule is CC(CC=O)c1cc(Br)ccc1O. The van der Waals surface area contributed by atoms with Gasteiger partial charge in [-0.3, -0.25) is 0 Å². The zero-order chi connectivity index (χ0) is 9.84. The van der Waals surface area contributed by atoms with Crippen LogP contribution in [0, 0.1) is 0 Å². The molecule has 0 aliphatic carbocycles. The number of phenolic OH excluding ortho intramolecular Hbond substituents is 1. The van der Waals surface area contributed by atoms with Crippen LogP contribution in [0.3, 0.4) is 0 Å². The number of rotatable bonds is 3. The molecule has 70 valence electrons. The maximum atomic E-state index is 10.3. The van der Waals surface area contributed by atoms with Crippen molar-refractivity contribution >= 4 is 22.2 Å². The van der Waals surface area contributed by atoms with Gasteiger partial charge < -0.3 is 9.90 Å². The third-order valence-corrected chi connectivity index (χ3v) is 2.46. The van der Waals surface area contributed by atoms with E-state index in [2.05, 4.69) is 15.9 Å². The predicted molar refractivity (Wildman–Crippen MR) is 54.9 cm³/mol. The van der Waals surface area contributed by atoms with Gasteiger partial charge in [0.2, 0.25) is 0 Å². The molecule has 1 unspecified atom stereocenters. The molecule has 2 nitrogen and oxygen atoms in total. The van der Waals surface area contributed by atoms with Crippen LogP contribution in [0.2, 0.25) is 0 Å². The molecule has 1 rings (SSSR count). The van der Waals surface area contributed by atoms with Gasteiger partial charge in [0, 0.05) is 10.9 Å². The number of halogens is 1. The maximum absolute atomic E-state index is 10.3. The molecular formula is C10H11BrO2. The zero-order valence-electron chi connectivity index (χ0n) is 7.33. The van der Waals surface area contributed by atoms with E-state index in [0.29, 0.717) is 6.42 Å². The molecule has 0 aliphatic heterocycles. The second kappa shape index (κ2) is 4.42. The van der Waals surface area contributed by atoms with Gasteiger partial charge in [-0.15, -0.1) is 0 Å². The van der Waals surface area contributed by atoms with Crippen molar-refractivity contribution in [3.8, 4) is 5.75 Å². The fraction of sp³-hybridized carbons (Fsp3) is 0.300. The first-order chi connectivity index (χ1) is 6.15. The summed E-state index contributed by atoms with van der Waals surface area (Å²) >= 11 is 3.32. The van der Waals surface area contributed by atoms with Crippen molar-refractivity contribution in [2.75, 3.05) is 0 Å². The Bertz CT molecular complexity index is 310. The van der Waals surface area contributed by atoms with E-state index in [-0.39, 0.29) is 11.7 Å². The molecule has 13 heavy (non-hydrogen) atoms. The first-order valence-electron chi connectivity index (χ1n) is 4.07. The molecule has 0 heterocycles. The molecule has 1 aromatic carbocycles. The van der Waals surface area contributed by atoms with Gasteiger partial charge in [0.1, 0.15) is 12.0 Å². The minimum absolute atomic E-state index is 0.0648. The van der Waals surface area contributed by atoms with E-state index in [0.717, 1.165) is 16.3 Å². The number of aromatic hydroxyl groups is 1. The largest absolute Gasteiger partial charge is 0.508 e. The second-order valence-corrected chi connectivity index (χ2v) is 3.92.